The molecule has 4 rings (SSSR count). The Kier molecular flexibility index (Phi) is 5.53. The zero-order chi connectivity index (χ0) is 20.2. The normalized spacial score (nSPS) is 11.0. The second-order valence-electron chi connectivity index (χ2n) is 6.18. The Morgan fingerprint density at radius 2 is 1.93 bits per heavy atom. The van der Waals surface area contributed by atoms with E-state index < -0.39 is 0 Å². The third-order valence-corrected chi connectivity index (χ3v) is 5.32. The number of esters is 1. The quantitative estimate of drug-likeness (QED) is 0.367. The highest BCUT2D eigenvalue weighted by Crippen LogP contribution is 2.32. The molecule has 1 N–H and O–H groups in total. The van der Waals surface area contributed by atoms with Gasteiger partial charge >= 0.3 is 5.97 Å². The highest BCUT2D eigenvalue weighted by atomic mass is 32.2. The number of aromatic amines is 1. The van der Waals surface area contributed by atoms with Gasteiger partial charge in [0.25, 0.3) is 0 Å². The number of para-hydroxylation sites is 1. The first kappa shape index (κ1) is 19.1. The molecule has 0 radical (unpaired) electrons. The summed E-state index contributed by atoms with van der Waals surface area (Å²) >= 11 is 1.30. The molecule has 2 aromatic heterocycles. The van der Waals surface area contributed by atoms with E-state index >= 15 is 0 Å². The highest BCUT2D eigenvalue weighted by Gasteiger charge is 2.20. The first-order valence-corrected chi connectivity index (χ1v) is 10.1. The molecule has 148 valence electrons. The fourth-order valence-corrected chi connectivity index (χ4v) is 3.83. The summed E-state index contributed by atoms with van der Waals surface area (Å²) in [6, 6.07) is 15.7. The van der Waals surface area contributed by atoms with Crippen LogP contribution in [0, 0.1) is 0 Å². The van der Waals surface area contributed by atoms with E-state index in [1.807, 2.05) is 59.3 Å². The summed E-state index contributed by atoms with van der Waals surface area (Å²) in [5.74, 6) is 1.33. The first-order chi connectivity index (χ1) is 14.2. The van der Waals surface area contributed by atoms with Crippen LogP contribution in [-0.2, 0) is 9.53 Å². The second kappa shape index (κ2) is 8.40. The van der Waals surface area contributed by atoms with Crippen molar-refractivity contribution in [3.8, 4) is 22.8 Å². The number of benzene rings is 2. The van der Waals surface area contributed by atoms with Crippen LogP contribution in [-0.4, -0.2) is 45.2 Å². The maximum Gasteiger partial charge on any atom is 0.316 e. The van der Waals surface area contributed by atoms with Crippen molar-refractivity contribution in [1.82, 2.24) is 19.7 Å². The fraction of sp³-hybridized carbons (Fsp3) is 0.190. The molecule has 0 bridgehead atoms. The van der Waals surface area contributed by atoms with E-state index in [0.717, 1.165) is 27.9 Å². The predicted octanol–water partition coefficient (Wildman–Crippen LogP) is 4.08. The van der Waals surface area contributed by atoms with Crippen molar-refractivity contribution in [2.45, 2.75) is 12.1 Å². The molecule has 0 aliphatic rings. The van der Waals surface area contributed by atoms with E-state index in [-0.39, 0.29) is 11.7 Å². The molecule has 0 amide bonds. The molecule has 0 unspecified atom stereocenters. The first-order valence-electron chi connectivity index (χ1n) is 9.16. The van der Waals surface area contributed by atoms with Crippen molar-refractivity contribution in [2.24, 2.45) is 0 Å². The van der Waals surface area contributed by atoms with Gasteiger partial charge in [0.15, 0.2) is 11.0 Å². The number of ether oxygens (including phenoxy) is 2. The van der Waals surface area contributed by atoms with Crippen LogP contribution >= 0.6 is 11.8 Å². The lowest BCUT2D eigenvalue weighted by atomic mass is 10.1. The molecule has 7 nitrogen and oxygen atoms in total. The third kappa shape index (κ3) is 3.84. The summed E-state index contributed by atoms with van der Waals surface area (Å²) in [7, 11) is 1.63. The minimum atomic E-state index is -0.282. The smallest absolute Gasteiger partial charge is 0.316 e. The lowest BCUT2D eigenvalue weighted by Gasteiger charge is -2.10. The van der Waals surface area contributed by atoms with E-state index in [1.54, 1.807) is 14.0 Å². The van der Waals surface area contributed by atoms with Gasteiger partial charge in [-0.15, -0.1) is 10.2 Å². The number of methoxy groups -OCH3 is 1. The predicted molar refractivity (Wildman–Crippen MR) is 113 cm³/mol. The van der Waals surface area contributed by atoms with Crippen LogP contribution in [0.4, 0.5) is 0 Å². The van der Waals surface area contributed by atoms with Gasteiger partial charge < -0.3 is 14.5 Å². The van der Waals surface area contributed by atoms with Gasteiger partial charge in [-0.1, -0.05) is 30.0 Å². The standard InChI is InChI=1S/C21H20N4O3S/c1-3-28-19(26)13-29-21-24-23-20(17-12-22-18-7-5-4-6-16(17)18)25(21)14-8-10-15(27-2)11-9-14/h4-12,22H,3,13H2,1-2H3. The molecule has 0 spiro atoms. The highest BCUT2D eigenvalue weighted by molar-refractivity contribution is 7.99. The van der Waals surface area contributed by atoms with Gasteiger partial charge in [-0.25, -0.2) is 0 Å². The molecule has 0 saturated carbocycles. The molecular formula is C21H20N4O3S. The molecule has 29 heavy (non-hydrogen) atoms. The summed E-state index contributed by atoms with van der Waals surface area (Å²) in [5.41, 5.74) is 2.84. The molecule has 0 saturated heterocycles. The minimum Gasteiger partial charge on any atom is -0.497 e. The summed E-state index contributed by atoms with van der Waals surface area (Å²) in [6.45, 7) is 2.14. The number of hydrogen-bond donors (Lipinski definition) is 1. The topological polar surface area (TPSA) is 82.0 Å². The van der Waals surface area contributed by atoms with E-state index in [9.17, 15) is 4.79 Å². The SMILES string of the molecule is CCOC(=O)CSc1nnc(-c2c[nH]c3ccccc23)n1-c1ccc(OC)cc1. The van der Waals surface area contributed by atoms with Crippen molar-refractivity contribution in [2.75, 3.05) is 19.5 Å². The summed E-state index contributed by atoms with van der Waals surface area (Å²) in [5, 5.41) is 10.5. The van der Waals surface area contributed by atoms with Crippen molar-refractivity contribution in [1.29, 1.82) is 0 Å². The van der Waals surface area contributed by atoms with Gasteiger partial charge in [0.05, 0.1) is 19.5 Å². The van der Waals surface area contributed by atoms with Crippen LogP contribution in [0.3, 0.4) is 0 Å². The number of thioether (sulfide) groups is 1. The Morgan fingerprint density at radius 1 is 1.14 bits per heavy atom. The number of carbonyl (C=O) groups excluding carboxylic acids is 1. The molecule has 8 heteroatoms. The van der Waals surface area contributed by atoms with E-state index in [4.69, 9.17) is 9.47 Å². The number of nitrogens with zero attached hydrogens (tertiary/aromatic N) is 3. The molecule has 0 aliphatic carbocycles. The van der Waals surface area contributed by atoms with Crippen LogP contribution in [0.1, 0.15) is 6.92 Å². The lowest BCUT2D eigenvalue weighted by Crippen LogP contribution is -2.08. The summed E-state index contributed by atoms with van der Waals surface area (Å²) in [6.07, 6.45) is 1.93. The largest absolute Gasteiger partial charge is 0.497 e. The zero-order valence-electron chi connectivity index (χ0n) is 16.1. The number of aromatic nitrogens is 4. The molecule has 0 atom stereocenters. The maximum absolute atomic E-state index is 11.8. The summed E-state index contributed by atoms with van der Waals surface area (Å²) < 4.78 is 12.3. The van der Waals surface area contributed by atoms with Crippen molar-refractivity contribution in [3.63, 3.8) is 0 Å². The maximum atomic E-state index is 11.8. The van der Waals surface area contributed by atoms with Crippen molar-refractivity contribution in [3.05, 3.63) is 54.7 Å². The van der Waals surface area contributed by atoms with Crippen LogP contribution in [0.2, 0.25) is 0 Å². The van der Waals surface area contributed by atoms with E-state index in [2.05, 4.69) is 15.2 Å². The average molecular weight is 408 g/mol. The molecule has 2 heterocycles. The van der Waals surface area contributed by atoms with E-state index in [0.29, 0.717) is 17.6 Å². The molecule has 4 aromatic rings. The van der Waals surface area contributed by atoms with Crippen LogP contribution in [0.5, 0.6) is 5.75 Å². The van der Waals surface area contributed by atoms with Crippen LogP contribution in [0.15, 0.2) is 59.9 Å². The fourth-order valence-electron chi connectivity index (χ4n) is 3.08. The molecule has 0 aliphatic heterocycles. The minimum absolute atomic E-state index is 0.163. The number of nitrogens with one attached hydrogen (secondary N) is 1. The lowest BCUT2D eigenvalue weighted by molar-refractivity contribution is -0.139. The third-order valence-electron chi connectivity index (χ3n) is 4.42. The Labute approximate surface area is 172 Å². The Hall–Kier alpha value is -3.26. The zero-order valence-corrected chi connectivity index (χ0v) is 16.9. The number of hydrogen-bond acceptors (Lipinski definition) is 6. The Bertz CT molecular complexity index is 1130. The molecule has 0 fully saturated rings. The van der Waals surface area contributed by atoms with Crippen LogP contribution in [0.25, 0.3) is 28.0 Å². The number of carbonyl (C=O) groups is 1. The molecular weight excluding hydrogens is 388 g/mol. The van der Waals surface area contributed by atoms with Crippen molar-refractivity contribution < 1.29 is 14.3 Å². The number of rotatable bonds is 7. The second-order valence-corrected chi connectivity index (χ2v) is 7.12. The van der Waals surface area contributed by atoms with Crippen molar-refractivity contribution >= 4 is 28.6 Å². The van der Waals surface area contributed by atoms with Crippen LogP contribution < -0.4 is 4.74 Å². The monoisotopic (exact) mass is 408 g/mol. The summed E-state index contributed by atoms with van der Waals surface area (Å²) in [4.78, 5) is 15.1. The van der Waals surface area contributed by atoms with Gasteiger partial charge in [0.1, 0.15) is 5.75 Å². The number of fused-ring (bicyclic) bond motifs is 1. The van der Waals surface area contributed by atoms with E-state index in [1.165, 1.54) is 11.8 Å². The average Bonchev–Trinajstić information content (AvgIpc) is 3.36. The number of H-pyrrole nitrogens is 1. The Balaban J connectivity index is 1.79. The Morgan fingerprint density at radius 3 is 2.69 bits per heavy atom. The van der Waals surface area contributed by atoms with Gasteiger partial charge in [0, 0.05) is 28.4 Å². The molecule has 2 aromatic carbocycles. The van der Waals surface area contributed by atoms with Gasteiger partial charge in [-0.3, -0.25) is 9.36 Å². The van der Waals surface area contributed by atoms with Gasteiger partial charge in [0.2, 0.25) is 0 Å². The van der Waals surface area contributed by atoms with Gasteiger partial charge in [-0.05, 0) is 37.3 Å². The van der Waals surface area contributed by atoms with Gasteiger partial charge in [-0.2, -0.15) is 0 Å².